The topological polar surface area (TPSA) is 105 Å². The van der Waals surface area contributed by atoms with Crippen molar-refractivity contribution in [3.05, 3.63) is 64.7 Å². The van der Waals surface area contributed by atoms with Gasteiger partial charge in [-0.25, -0.2) is 16.8 Å². The van der Waals surface area contributed by atoms with Gasteiger partial charge in [-0.2, -0.15) is 0 Å². The number of benzene rings is 2. The zero-order valence-corrected chi connectivity index (χ0v) is 15.0. The van der Waals surface area contributed by atoms with Crippen LogP contribution >= 0.6 is 0 Å². The van der Waals surface area contributed by atoms with Crippen LogP contribution in [-0.2, 0) is 19.7 Å². The lowest BCUT2D eigenvalue weighted by molar-refractivity contribution is 0.00379. The highest BCUT2D eigenvalue weighted by Gasteiger charge is 2.45. The second-order valence-corrected chi connectivity index (χ2v) is 9.33. The summed E-state index contributed by atoms with van der Waals surface area (Å²) in [4.78, 5) is 2.20. The standard InChI is InChI=1S/C16H16N2O4S2/c1-11-8-9-15(13(3)10-11)24(21,22)16(18-17)23(19,20)14-7-5-4-6-12(14)2/h4-10H,1-3H3. The first-order chi connectivity index (χ1) is 11.1. The zero-order chi connectivity index (χ0) is 18.1. The van der Waals surface area contributed by atoms with Crippen LogP contribution < -0.4 is 0 Å². The molecule has 0 aliphatic heterocycles. The SMILES string of the molecule is Cc1ccc(S(=O)(=O)C(=[N+]=[N-])S(=O)(=O)c2ccccc2C)c(C)c1. The second kappa shape index (κ2) is 6.32. The quantitative estimate of drug-likeness (QED) is 0.353. The van der Waals surface area contributed by atoms with Crippen LogP contribution in [0.3, 0.4) is 0 Å². The van der Waals surface area contributed by atoms with E-state index < -0.39 is 24.1 Å². The fourth-order valence-electron chi connectivity index (χ4n) is 2.40. The highest BCUT2D eigenvalue weighted by molar-refractivity contribution is 8.31. The van der Waals surface area contributed by atoms with Crippen molar-refractivity contribution >= 4 is 24.1 Å². The smallest absolute Gasteiger partial charge is 0.359 e. The van der Waals surface area contributed by atoms with Gasteiger partial charge in [-0.3, -0.25) is 0 Å². The highest BCUT2D eigenvalue weighted by atomic mass is 32.3. The van der Waals surface area contributed by atoms with E-state index in [1.54, 1.807) is 32.0 Å². The minimum absolute atomic E-state index is 0.210. The molecule has 0 unspecified atom stereocenters. The molecule has 0 bridgehead atoms. The molecule has 2 aromatic carbocycles. The van der Waals surface area contributed by atoms with Gasteiger partial charge >= 0.3 is 4.38 Å². The lowest BCUT2D eigenvalue weighted by Gasteiger charge is -2.07. The Kier molecular flexibility index (Phi) is 4.75. The molecule has 0 fully saturated rings. The van der Waals surface area contributed by atoms with Crippen LogP contribution in [-0.4, -0.2) is 26.0 Å². The van der Waals surface area contributed by atoms with E-state index in [4.69, 9.17) is 0 Å². The molecule has 0 amide bonds. The van der Waals surface area contributed by atoms with Crippen LogP contribution in [0.15, 0.2) is 52.3 Å². The molecule has 0 aromatic heterocycles. The fourth-order valence-corrected chi connectivity index (χ4v) is 6.16. The summed E-state index contributed by atoms with van der Waals surface area (Å²) in [6.07, 6.45) is 0. The molecule has 0 radical (unpaired) electrons. The minimum Gasteiger partial charge on any atom is -0.359 e. The number of aryl methyl sites for hydroxylation is 3. The monoisotopic (exact) mass is 364 g/mol. The van der Waals surface area contributed by atoms with Crippen molar-refractivity contribution in [3.63, 3.8) is 0 Å². The summed E-state index contributed by atoms with van der Waals surface area (Å²) in [6, 6.07) is 10.4. The van der Waals surface area contributed by atoms with Gasteiger partial charge in [-0.15, -0.1) is 4.79 Å². The Balaban J connectivity index is 2.73. The Morgan fingerprint density at radius 2 is 1.38 bits per heavy atom. The molecule has 6 nitrogen and oxygen atoms in total. The molecule has 0 saturated carbocycles. The summed E-state index contributed by atoms with van der Waals surface area (Å²) in [7, 11) is -9.01. The molecule has 0 aliphatic rings. The predicted molar refractivity (Wildman–Crippen MR) is 90.1 cm³/mol. The molecular weight excluding hydrogens is 348 g/mol. The van der Waals surface area contributed by atoms with E-state index in [0.717, 1.165) is 5.56 Å². The van der Waals surface area contributed by atoms with Gasteiger partial charge in [0.1, 0.15) is 0 Å². The number of rotatable bonds is 2. The predicted octanol–water partition coefficient (Wildman–Crippen LogP) is 2.45. The highest BCUT2D eigenvalue weighted by Crippen LogP contribution is 2.25. The maximum Gasteiger partial charge on any atom is 0.504 e. The normalized spacial score (nSPS) is 11.8. The van der Waals surface area contributed by atoms with E-state index in [1.165, 1.54) is 31.2 Å². The third-order valence-electron chi connectivity index (χ3n) is 3.54. The Labute approximate surface area is 141 Å². The average molecular weight is 364 g/mol. The van der Waals surface area contributed by atoms with Gasteiger partial charge in [0.15, 0.2) is 0 Å². The van der Waals surface area contributed by atoms with Crippen molar-refractivity contribution in [1.82, 2.24) is 0 Å². The molecule has 8 heteroatoms. The fraction of sp³-hybridized carbons (Fsp3) is 0.188. The van der Waals surface area contributed by atoms with Crippen molar-refractivity contribution in [3.8, 4) is 0 Å². The summed E-state index contributed by atoms with van der Waals surface area (Å²) in [5, 5.41) is 0. The van der Waals surface area contributed by atoms with Gasteiger partial charge in [-0.1, -0.05) is 35.9 Å². The molecule has 2 rings (SSSR count). The maximum atomic E-state index is 12.8. The van der Waals surface area contributed by atoms with Crippen molar-refractivity contribution in [2.75, 3.05) is 0 Å². The Bertz CT molecular complexity index is 1070. The van der Waals surface area contributed by atoms with E-state index in [9.17, 15) is 22.4 Å². The Morgan fingerprint density at radius 3 is 1.88 bits per heavy atom. The van der Waals surface area contributed by atoms with E-state index in [0.29, 0.717) is 11.1 Å². The average Bonchev–Trinajstić information content (AvgIpc) is 2.47. The molecule has 0 atom stereocenters. The Morgan fingerprint density at radius 1 is 0.833 bits per heavy atom. The molecule has 126 valence electrons. The van der Waals surface area contributed by atoms with E-state index in [-0.39, 0.29) is 9.79 Å². The van der Waals surface area contributed by atoms with Crippen molar-refractivity contribution in [2.24, 2.45) is 0 Å². The van der Waals surface area contributed by atoms with Crippen LogP contribution in [0.4, 0.5) is 0 Å². The first kappa shape index (κ1) is 18.1. The van der Waals surface area contributed by atoms with Crippen molar-refractivity contribution < 1.29 is 21.6 Å². The zero-order valence-electron chi connectivity index (χ0n) is 13.4. The van der Waals surface area contributed by atoms with Gasteiger partial charge in [0, 0.05) is 0 Å². The minimum atomic E-state index is -4.51. The van der Waals surface area contributed by atoms with Gasteiger partial charge in [0.25, 0.3) is 19.7 Å². The molecule has 0 N–H and O–H groups in total. The van der Waals surface area contributed by atoms with Crippen LogP contribution in [0.5, 0.6) is 0 Å². The molecule has 24 heavy (non-hydrogen) atoms. The molecule has 0 aliphatic carbocycles. The van der Waals surface area contributed by atoms with Gasteiger partial charge in [0.2, 0.25) is 0 Å². The molecule has 2 aromatic rings. The summed E-state index contributed by atoms with van der Waals surface area (Å²) in [5.74, 6) is 0. The first-order valence-corrected chi connectivity index (χ1v) is 9.94. The van der Waals surface area contributed by atoms with Gasteiger partial charge < -0.3 is 5.53 Å². The van der Waals surface area contributed by atoms with Gasteiger partial charge in [-0.05, 0) is 44.0 Å². The molecule has 0 saturated heterocycles. The molecular formula is C16H16N2O4S2. The third-order valence-corrected chi connectivity index (χ3v) is 8.02. The molecule has 0 spiro atoms. The third kappa shape index (κ3) is 3.03. The van der Waals surface area contributed by atoms with E-state index in [1.807, 2.05) is 0 Å². The Hall–Kier alpha value is -2.28. The van der Waals surface area contributed by atoms with Crippen molar-refractivity contribution in [2.45, 2.75) is 30.6 Å². The first-order valence-electron chi connectivity index (χ1n) is 6.97. The maximum absolute atomic E-state index is 12.8. The van der Waals surface area contributed by atoms with Crippen LogP contribution in [0.1, 0.15) is 16.7 Å². The van der Waals surface area contributed by atoms with E-state index in [2.05, 4.69) is 4.79 Å². The molecule has 0 heterocycles. The van der Waals surface area contributed by atoms with E-state index >= 15 is 0 Å². The summed E-state index contributed by atoms with van der Waals surface area (Å²) in [6.45, 7) is 4.87. The van der Waals surface area contributed by atoms with Crippen LogP contribution in [0.2, 0.25) is 0 Å². The summed E-state index contributed by atoms with van der Waals surface area (Å²) >= 11 is 0. The number of hydrogen-bond acceptors (Lipinski definition) is 4. The lowest BCUT2D eigenvalue weighted by atomic mass is 10.2. The largest absolute Gasteiger partial charge is 0.504 e. The number of nitrogens with zero attached hydrogens (tertiary/aromatic N) is 2. The van der Waals surface area contributed by atoms with Gasteiger partial charge in [0.05, 0.1) is 9.79 Å². The van der Waals surface area contributed by atoms with Crippen LogP contribution in [0, 0.1) is 20.8 Å². The van der Waals surface area contributed by atoms with Crippen LogP contribution in [0.25, 0.3) is 5.53 Å². The lowest BCUT2D eigenvalue weighted by Crippen LogP contribution is -2.27. The number of sulfone groups is 2. The van der Waals surface area contributed by atoms with Crippen molar-refractivity contribution in [1.29, 1.82) is 0 Å². The summed E-state index contributed by atoms with van der Waals surface area (Å²) in [5.41, 5.74) is 10.7. The number of hydrogen-bond donors (Lipinski definition) is 0. The summed E-state index contributed by atoms with van der Waals surface area (Å²) < 4.78 is 49.7. The second-order valence-electron chi connectivity index (χ2n) is 5.41.